The van der Waals surface area contributed by atoms with Crippen molar-refractivity contribution in [3.63, 3.8) is 0 Å². The van der Waals surface area contributed by atoms with Crippen LogP contribution in [0, 0.1) is 6.92 Å². The van der Waals surface area contributed by atoms with Gasteiger partial charge in [0.2, 0.25) is 0 Å². The van der Waals surface area contributed by atoms with Gasteiger partial charge in [0.15, 0.2) is 0 Å². The number of aryl methyl sites for hydroxylation is 1. The Morgan fingerprint density at radius 1 is 0.955 bits per heavy atom. The summed E-state index contributed by atoms with van der Waals surface area (Å²) in [6.07, 6.45) is 0. The van der Waals surface area contributed by atoms with Crippen molar-refractivity contribution in [2.75, 3.05) is 0 Å². The fourth-order valence-corrected chi connectivity index (χ4v) is 2.06. The molecule has 2 aromatic rings. The largest absolute Gasteiger partial charge is 0.344 e. The Bertz CT molecular complexity index is 636. The summed E-state index contributed by atoms with van der Waals surface area (Å²) in [5.74, 6) is -1.24. The third-order valence-electron chi connectivity index (χ3n) is 3.43. The molecule has 0 radical (unpaired) electrons. The van der Waals surface area contributed by atoms with E-state index in [0.717, 1.165) is 16.7 Å². The van der Waals surface area contributed by atoms with E-state index in [1.54, 1.807) is 0 Å². The van der Waals surface area contributed by atoms with E-state index >= 15 is 0 Å². The highest BCUT2D eigenvalue weighted by atomic mass is 16.2. The van der Waals surface area contributed by atoms with Crippen molar-refractivity contribution in [1.29, 1.82) is 0 Å². The van der Waals surface area contributed by atoms with E-state index in [-0.39, 0.29) is 6.04 Å². The topological polar surface area (TPSA) is 58.2 Å². The first-order chi connectivity index (χ1) is 10.6. The molecular weight excluding hydrogens is 276 g/mol. The van der Waals surface area contributed by atoms with E-state index in [1.165, 1.54) is 0 Å². The molecular formula is C18H20N2O2. The number of hydrogen-bond donors (Lipinski definition) is 2. The first-order valence-electron chi connectivity index (χ1n) is 7.25. The Balaban J connectivity index is 1.84. The standard InChI is InChI=1S/C18H20N2O2/c1-13-8-10-15(11-9-13)12-19-17(21)18(22)20-14(2)16-6-4-3-5-7-16/h3-11,14H,12H2,1-2H3,(H,19,21)(H,20,22). The van der Waals surface area contributed by atoms with Gasteiger partial charge in [0.25, 0.3) is 0 Å². The highest BCUT2D eigenvalue weighted by Gasteiger charge is 2.16. The molecule has 0 aliphatic heterocycles. The average molecular weight is 296 g/mol. The minimum atomic E-state index is -0.622. The van der Waals surface area contributed by atoms with E-state index in [9.17, 15) is 9.59 Å². The van der Waals surface area contributed by atoms with Crippen molar-refractivity contribution < 1.29 is 9.59 Å². The van der Waals surface area contributed by atoms with Gasteiger partial charge in [-0.3, -0.25) is 9.59 Å². The molecule has 0 heterocycles. The fraction of sp³-hybridized carbons (Fsp3) is 0.222. The minimum Gasteiger partial charge on any atom is -0.344 e. The van der Waals surface area contributed by atoms with Crippen molar-refractivity contribution >= 4 is 11.8 Å². The van der Waals surface area contributed by atoms with Gasteiger partial charge in [-0.2, -0.15) is 0 Å². The molecule has 0 bridgehead atoms. The summed E-state index contributed by atoms with van der Waals surface area (Å²) in [5.41, 5.74) is 3.08. The second-order valence-electron chi connectivity index (χ2n) is 5.27. The van der Waals surface area contributed by atoms with Gasteiger partial charge in [0.05, 0.1) is 6.04 Å². The zero-order valence-corrected chi connectivity index (χ0v) is 12.8. The maximum absolute atomic E-state index is 11.9. The third kappa shape index (κ3) is 4.45. The number of rotatable bonds is 4. The first kappa shape index (κ1) is 15.8. The van der Waals surface area contributed by atoms with Crippen molar-refractivity contribution in [2.45, 2.75) is 26.4 Å². The molecule has 2 amide bonds. The number of hydrogen-bond acceptors (Lipinski definition) is 2. The van der Waals surface area contributed by atoms with Crippen LogP contribution in [0.5, 0.6) is 0 Å². The lowest BCUT2D eigenvalue weighted by molar-refractivity contribution is -0.139. The van der Waals surface area contributed by atoms with Gasteiger partial charge in [-0.05, 0) is 25.0 Å². The molecule has 4 nitrogen and oxygen atoms in total. The van der Waals surface area contributed by atoms with E-state index in [0.29, 0.717) is 6.54 Å². The van der Waals surface area contributed by atoms with Crippen LogP contribution in [-0.2, 0) is 16.1 Å². The van der Waals surface area contributed by atoms with Crippen LogP contribution in [0.2, 0.25) is 0 Å². The maximum Gasteiger partial charge on any atom is 0.309 e. The van der Waals surface area contributed by atoms with Crippen LogP contribution in [0.1, 0.15) is 29.7 Å². The summed E-state index contributed by atoms with van der Waals surface area (Å²) in [4.78, 5) is 23.7. The Hall–Kier alpha value is -2.62. The SMILES string of the molecule is Cc1ccc(CNC(=O)C(=O)NC(C)c2ccccc2)cc1. The van der Waals surface area contributed by atoms with Gasteiger partial charge in [0, 0.05) is 6.54 Å². The molecule has 4 heteroatoms. The highest BCUT2D eigenvalue weighted by Crippen LogP contribution is 2.10. The number of carbonyl (C=O) groups is 2. The summed E-state index contributed by atoms with van der Waals surface area (Å²) in [5, 5.41) is 5.31. The molecule has 2 rings (SSSR count). The molecule has 1 unspecified atom stereocenters. The number of amides is 2. The summed E-state index contributed by atoms with van der Waals surface area (Å²) in [7, 11) is 0. The Morgan fingerprint density at radius 2 is 1.59 bits per heavy atom. The van der Waals surface area contributed by atoms with E-state index < -0.39 is 11.8 Å². The lowest BCUT2D eigenvalue weighted by Gasteiger charge is -2.14. The number of nitrogens with one attached hydrogen (secondary N) is 2. The van der Waals surface area contributed by atoms with Crippen LogP contribution in [0.4, 0.5) is 0 Å². The summed E-state index contributed by atoms with van der Waals surface area (Å²) >= 11 is 0. The number of benzene rings is 2. The van der Waals surface area contributed by atoms with Crippen LogP contribution in [0.25, 0.3) is 0 Å². The van der Waals surface area contributed by atoms with Crippen LogP contribution >= 0.6 is 0 Å². The van der Waals surface area contributed by atoms with Crippen molar-refractivity contribution in [1.82, 2.24) is 10.6 Å². The molecule has 2 N–H and O–H groups in total. The predicted octanol–water partition coefficient (Wildman–Crippen LogP) is 2.49. The maximum atomic E-state index is 11.9. The lowest BCUT2D eigenvalue weighted by Crippen LogP contribution is -2.40. The Kier molecular flexibility index (Phi) is 5.31. The molecule has 114 valence electrons. The molecule has 0 saturated carbocycles. The summed E-state index contributed by atoms with van der Waals surface area (Å²) in [6, 6.07) is 17.1. The van der Waals surface area contributed by atoms with E-state index in [4.69, 9.17) is 0 Å². The van der Waals surface area contributed by atoms with E-state index in [2.05, 4.69) is 10.6 Å². The second kappa shape index (κ2) is 7.41. The number of carbonyl (C=O) groups excluding carboxylic acids is 2. The Morgan fingerprint density at radius 3 is 2.23 bits per heavy atom. The smallest absolute Gasteiger partial charge is 0.309 e. The van der Waals surface area contributed by atoms with Gasteiger partial charge in [0.1, 0.15) is 0 Å². The average Bonchev–Trinajstić information content (AvgIpc) is 2.54. The monoisotopic (exact) mass is 296 g/mol. The van der Waals surface area contributed by atoms with E-state index in [1.807, 2.05) is 68.4 Å². The lowest BCUT2D eigenvalue weighted by atomic mass is 10.1. The molecule has 0 aromatic heterocycles. The van der Waals surface area contributed by atoms with Gasteiger partial charge < -0.3 is 10.6 Å². The fourth-order valence-electron chi connectivity index (χ4n) is 2.06. The summed E-state index contributed by atoms with van der Waals surface area (Å²) < 4.78 is 0. The first-order valence-corrected chi connectivity index (χ1v) is 7.25. The molecule has 0 aliphatic rings. The molecule has 0 fully saturated rings. The molecule has 0 saturated heterocycles. The zero-order valence-electron chi connectivity index (χ0n) is 12.8. The van der Waals surface area contributed by atoms with Gasteiger partial charge in [-0.25, -0.2) is 0 Å². The molecule has 0 aliphatic carbocycles. The van der Waals surface area contributed by atoms with Crippen LogP contribution < -0.4 is 10.6 Å². The predicted molar refractivity (Wildman–Crippen MR) is 86.0 cm³/mol. The third-order valence-corrected chi connectivity index (χ3v) is 3.43. The van der Waals surface area contributed by atoms with Crippen molar-refractivity contribution in [2.24, 2.45) is 0 Å². The quantitative estimate of drug-likeness (QED) is 0.852. The van der Waals surface area contributed by atoms with Crippen molar-refractivity contribution in [3.8, 4) is 0 Å². The van der Waals surface area contributed by atoms with Crippen LogP contribution in [-0.4, -0.2) is 11.8 Å². The zero-order chi connectivity index (χ0) is 15.9. The van der Waals surface area contributed by atoms with Crippen LogP contribution in [0.15, 0.2) is 54.6 Å². The minimum absolute atomic E-state index is 0.209. The van der Waals surface area contributed by atoms with Crippen molar-refractivity contribution in [3.05, 3.63) is 71.3 Å². The van der Waals surface area contributed by atoms with Crippen LogP contribution in [0.3, 0.4) is 0 Å². The van der Waals surface area contributed by atoms with Gasteiger partial charge in [-0.15, -0.1) is 0 Å². The highest BCUT2D eigenvalue weighted by molar-refractivity contribution is 6.35. The molecule has 0 spiro atoms. The normalized spacial score (nSPS) is 11.5. The molecule has 2 aromatic carbocycles. The van der Waals surface area contributed by atoms with Gasteiger partial charge >= 0.3 is 11.8 Å². The summed E-state index contributed by atoms with van der Waals surface area (Å²) in [6.45, 7) is 4.19. The Labute approximate surface area is 130 Å². The second-order valence-corrected chi connectivity index (χ2v) is 5.27. The molecule has 1 atom stereocenters. The van der Waals surface area contributed by atoms with Gasteiger partial charge in [-0.1, -0.05) is 60.2 Å². The molecule has 22 heavy (non-hydrogen) atoms.